The summed E-state index contributed by atoms with van der Waals surface area (Å²) in [6.07, 6.45) is 0.0792. The number of halogens is 3. The second-order valence-corrected chi connectivity index (χ2v) is 6.95. The van der Waals surface area contributed by atoms with Gasteiger partial charge < -0.3 is 5.11 Å². The van der Waals surface area contributed by atoms with Gasteiger partial charge in [-0.2, -0.15) is 13.2 Å². The number of aromatic nitrogens is 5. The van der Waals surface area contributed by atoms with Gasteiger partial charge in [0, 0.05) is 29.1 Å². The fraction of sp³-hybridized carbons (Fsp3) is 0.130. The maximum absolute atomic E-state index is 13.3. The third kappa shape index (κ3) is 4.92. The lowest BCUT2D eigenvalue weighted by atomic mass is 9.97. The number of aromatic hydroxyl groups is 1. The number of hydrogen-bond donors (Lipinski definition) is 2. The molecule has 0 atom stereocenters. The molecule has 2 aromatic carbocycles. The van der Waals surface area contributed by atoms with Gasteiger partial charge in [0.2, 0.25) is 0 Å². The van der Waals surface area contributed by atoms with E-state index in [-0.39, 0.29) is 5.56 Å². The van der Waals surface area contributed by atoms with Crippen LogP contribution < -0.4 is 0 Å². The largest absolute Gasteiger partial charge is 0.508 e. The van der Waals surface area contributed by atoms with Gasteiger partial charge in [-0.25, -0.2) is 5.10 Å². The molecule has 6 nitrogen and oxygen atoms in total. The third-order valence-electron chi connectivity index (χ3n) is 4.80. The normalized spacial score (nSPS) is 11.1. The lowest BCUT2D eigenvalue weighted by molar-refractivity contribution is -0.137. The Balaban J connectivity index is 1.71. The molecular formula is C23H16F3N5O. The molecule has 0 saturated carbocycles. The summed E-state index contributed by atoms with van der Waals surface area (Å²) in [7, 11) is 0. The van der Waals surface area contributed by atoms with Crippen LogP contribution in [0.25, 0.3) is 11.4 Å². The van der Waals surface area contributed by atoms with Gasteiger partial charge in [0.05, 0.1) is 5.56 Å². The van der Waals surface area contributed by atoms with Crippen LogP contribution in [0.15, 0.2) is 60.9 Å². The summed E-state index contributed by atoms with van der Waals surface area (Å²) >= 11 is 0. The molecule has 0 aliphatic rings. The van der Waals surface area contributed by atoms with Crippen molar-refractivity contribution in [3.05, 3.63) is 88.7 Å². The Kier molecular flexibility index (Phi) is 5.85. The highest BCUT2D eigenvalue weighted by Gasteiger charge is 2.33. The van der Waals surface area contributed by atoms with E-state index in [0.29, 0.717) is 30.3 Å². The van der Waals surface area contributed by atoms with E-state index in [1.54, 1.807) is 24.5 Å². The van der Waals surface area contributed by atoms with Crippen LogP contribution >= 0.6 is 0 Å². The highest BCUT2D eigenvalue weighted by atomic mass is 19.4. The van der Waals surface area contributed by atoms with Gasteiger partial charge in [-0.3, -0.25) is 4.98 Å². The molecule has 2 aromatic heterocycles. The minimum Gasteiger partial charge on any atom is -0.508 e. The quantitative estimate of drug-likeness (QED) is 0.470. The Bertz CT molecular complexity index is 1280. The molecule has 32 heavy (non-hydrogen) atoms. The van der Waals surface area contributed by atoms with Crippen molar-refractivity contribution in [1.82, 2.24) is 25.6 Å². The summed E-state index contributed by atoms with van der Waals surface area (Å²) in [6.45, 7) is 0. The van der Waals surface area contributed by atoms with E-state index in [0.717, 1.165) is 22.8 Å². The summed E-state index contributed by atoms with van der Waals surface area (Å²) in [5, 5.41) is 23.2. The zero-order valence-electron chi connectivity index (χ0n) is 16.6. The molecule has 0 aliphatic heterocycles. The molecule has 160 valence electrons. The summed E-state index contributed by atoms with van der Waals surface area (Å²) < 4.78 is 40.0. The van der Waals surface area contributed by atoms with E-state index in [1.165, 1.54) is 6.07 Å². The van der Waals surface area contributed by atoms with Crippen molar-refractivity contribution >= 4 is 0 Å². The SMILES string of the molecule is Oc1ccc(C#Cc2ccc(-c3nnn[nH]3)cc2CCc2ccncc2)c(C(F)(F)F)c1. The number of phenols is 1. The minimum atomic E-state index is -4.63. The Labute approximate surface area is 181 Å². The number of aromatic amines is 1. The predicted molar refractivity (Wildman–Crippen MR) is 110 cm³/mol. The van der Waals surface area contributed by atoms with E-state index in [2.05, 4.69) is 37.4 Å². The van der Waals surface area contributed by atoms with E-state index in [9.17, 15) is 18.3 Å². The number of H-pyrrole nitrogens is 1. The number of alkyl halides is 3. The molecule has 0 saturated heterocycles. The first-order chi connectivity index (χ1) is 15.4. The number of hydrogen-bond acceptors (Lipinski definition) is 5. The van der Waals surface area contributed by atoms with Crippen LogP contribution in [0, 0.1) is 11.8 Å². The van der Waals surface area contributed by atoms with Crippen molar-refractivity contribution in [2.45, 2.75) is 19.0 Å². The highest BCUT2D eigenvalue weighted by molar-refractivity contribution is 5.60. The van der Waals surface area contributed by atoms with Crippen LogP contribution in [-0.4, -0.2) is 30.7 Å². The lowest BCUT2D eigenvalue weighted by Crippen LogP contribution is -2.07. The second kappa shape index (κ2) is 8.89. The van der Waals surface area contributed by atoms with Crippen molar-refractivity contribution in [3.8, 4) is 29.0 Å². The van der Waals surface area contributed by atoms with E-state index in [4.69, 9.17) is 0 Å². The molecule has 4 aromatic rings. The van der Waals surface area contributed by atoms with Gasteiger partial charge in [-0.1, -0.05) is 11.8 Å². The first kappa shape index (κ1) is 21.1. The molecule has 2 heterocycles. The van der Waals surface area contributed by atoms with Crippen LogP contribution in [0.5, 0.6) is 5.75 Å². The van der Waals surface area contributed by atoms with Gasteiger partial charge in [0.1, 0.15) is 5.75 Å². The maximum atomic E-state index is 13.3. The second-order valence-electron chi connectivity index (χ2n) is 6.95. The first-order valence-electron chi connectivity index (χ1n) is 9.58. The van der Waals surface area contributed by atoms with E-state index < -0.39 is 17.5 Å². The number of nitrogens with one attached hydrogen (secondary N) is 1. The zero-order valence-corrected chi connectivity index (χ0v) is 16.6. The van der Waals surface area contributed by atoms with Crippen molar-refractivity contribution in [3.63, 3.8) is 0 Å². The number of nitrogens with zero attached hydrogens (tertiary/aromatic N) is 4. The van der Waals surface area contributed by atoms with Crippen LogP contribution in [0.3, 0.4) is 0 Å². The van der Waals surface area contributed by atoms with Gasteiger partial charge in [-0.15, -0.1) is 5.10 Å². The summed E-state index contributed by atoms with van der Waals surface area (Å²) in [5.41, 5.74) is 2.06. The predicted octanol–water partition coefficient (Wildman–Crippen LogP) is 4.17. The van der Waals surface area contributed by atoms with Gasteiger partial charge in [0.25, 0.3) is 0 Å². The van der Waals surface area contributed by atoms with Crippen molar-refractivity contribution in [2.75, 3.05) is 0 Å². The Morgan fingerprint density at radius 2 is 1.66 bits per heavy atom. The standard InChI is InChI=1S/C23H16F3N5O/c24-23(25,26)21-14-20(32)8-7-17(21)5-3-16-4-6-19(22-28-30-31-29-22)13-18(16)2-1-15-9-11-27-12-10-15/h4,6-14,32H,1-2H2,(H,28,29,30,31). The monoisotopic (exact) mass is 435 g/mol. The fourth-order valence-corrected chi connectivity index (χ4v) is 3.19. The molecular weight excluding hydrogens is 419 g/mol. The molecule has 0 aliphatic carbocycles. The Hall–Kier alpha value is -4.19. The lowest BCUT2D eigenvalue weighted by Gasteiger charge is -2.10. The molecule has 0 bridgehead atoms. The van der Waals surface area contributed by atoms with E-state index >= 15 is 0 Å². The van der Waals surface area contributed by atoms with Crippen LogP contribution in [-0.2, 0) is 19.0 Å². The molecule has 0 radical (unpaired) electrons. The Morgan fingerprint density at radius 3 is 2.38 bits per heavy atom. The number of rotatable bonds is 4. The van der Waals surface area contributed by atoms with Crippen molar-refractivity contribution in [2.24, 2.45) is 0 Å². The topological polar surface area (TPSA) is 87.6 Å². The average molecular weight is 435 g/mol. The van der Waals surface area contributed by atoms with Crippen LogP contribution in [0.4, 0.5) is 13.2 Å². The molecule has 0 spiro atoms. The van der Waals surface area contributed by atoms with Gasteiger partial charge in [0.15, 0.2) is 5.82 Å². The number of benzene rings is 2. The first-order valence-corrected chi connectivity index (χ1v) is 9.58. The van der Waals surface area contributed by atoms with E-state index in [1.807, 2.05) is 18.2 Å². The summed E-state index contributed by atoms with van der Waals surface area (Å²) in [6, 6.07) is 12.2. The van der Waals surface area contributed by atoms with Crippen molar-refractivity contribution < 1.29 is 18.3 Å². The molecule has 2 N–H and O–H groups in total. The molecule has 0 fully saturated rings. The van der Waals surface area contributed by atoms with Crippen molar-refractivity contribution in [1.29, 1.82) is 0 Å². The fourth-order valence-electron chi connectivity index (χ4n) is 3.19. The van der Waals surface area contributed by atoms with Crippen LogP contribution in [0.2, 0.25) is 0 Å². The average Bonchev–Trinajstić information content (AvgIpc) is 3.32. The molecule has 4 rings (SSSR count). The molecule has 0 unspecified atom stereocenters. The minimum absolute atomic E-state index is 0.209. The van der Waals surface area contributed by atoms with Gasteiger partial charge in [-0.05, 0) is 82.9 Å². The summed E-state index contributed by atoms with van der Waals surface area (Å²) in [4.78, 5) is 4.00. The smallest absolute Gasteiger partial charge is 0.417 e. The summed E-state index contributed by atoms with van der Waals surface area (Å²) in [5.74, 6) is 5.49. The highest BCUT2D eigenvalue weighted by Crippen LogP contribution is 2.34. The van der Waals surface area contributed by atoms with Gasteiger partial charge >= 0.3 is 6.18 Å². The van der Waals surface area contributed by atoms with Crippen LogP contribution in [0.1, 0.15) is 27.8 Å². The zero-order chi connectivity index (χ0) is 22.6. The molecule has 9 heteroatoms. The number of pyridine rings is 1. The number of tetrazole rings is 1. The maximum Gasteiger partial charge on any atom is 0.417 e. The number of phenolic OH excluding ortho intramolecular Hbond substituents is 1. The third-order valence-corrected chi connectivity index (χ3v) is 4.80. The molecule has 0 amide bonds. The Morgan fingerprint density at radius 1 is 0.906 bits per heavy atom. The number of aryl methyl sites for hydroxylation is 2.